The van der Waals surface area contributed by atoms with Crippen molar-refractivity contribution in [1.82, 2.24) is 20.0 Å². The fraction of sp³-hybridized carbons (Fsp3) is 0.300. The smallest absolute Gasteiger partial charge is 0.147 e. The summed E-state index contributed by atoms with van der Waals surface area (Å²) in [6.07, 6.45) is 1.58. The summed E-state index contributed by atoms with van der Waals surface area (Å²) >= 11 is 0. The van der Waals surface area contributed by atoms with Gasteiger partial charge in [-0.3, -0.25) is 0 Å². The summed E-state index contributed by atoms with van der Waals surface area (Å²) in [4.78, 5) is 6.81. The van der Waals surface area contributed by atoms with Gasteiger partial charge in [0.25, 0.3) is 0 Å². The highest BCUT2D eigenvalue weighted by Gasteiger charge is 2.25. The molecular weight excluding hydrogens is 204 g/mol. The molecule has 0 fully saturated rings. The number of rotatable bonds is 0. The van der Waals surface area contributed by atoms with Crippen LogP contribution < -0.4 is 10.6 Å². The number of fused-ring (bicyclic) bond motifs is 3. The first-order valence-corrected chi connectivity index (χ1v) is 4.83. The Morgan fingerprint density at radius 2 is 2.25 bits per heavy atom. The number of pyridine rings is 1. The molecule has 2 aromatic heterocycles. The van der Waals surface area contributed by atoms with Crippen molar-refractivity contribution in [2.24, 2.45) is 7.05 Å². The minimum absolute atomic E-state index is 0.287. The van der Waals surface area contributed by atoms with Crippen molar-refractivity contribution in [1.29, 1.82) is 0 Å². The van der Waals surface area contributed by atoms with Crippen LogP contribution >= 0.6 is 0 Å². The molecular formula is C10H12N6. The topological polar surface area (TPSA) is 72.9 Å². The van der Waals surface area contributed by atoms with Crippen LogP contribution in [0.3, 0.4) is 0 Å². The third kappa shape index (κ3) is 1.09. The van der Waals surface area contributed by atoms with E-state index in [2.05, 4.69) is 15.2 Å². The van der Waals surface area contributed by atoms with E-state index in [0.29, 0.717) is 17.1 Å². The Balaban J connectivity index is 2.40. The predicted molar refractivity (Wildman–Crippen MR) is 60.8 cm³/mol. The molecule has 2 aromatic rings. The van der Waals surface area contributed by atoms with Crippen LogP contribution in [0.5, 0.6) is 0 Å². The standard InChI is InChI=1S/C10H12N6/c1-15-5-7-8(14-16(2)13-7)6-3-4-12-10(11)9(6)15/h3-4H,5H2,1-2H3,(H2,11,12)/i5D2. The molecule has 0 spiro atoms. The molecule has 0 unspecified atom stereocenters. The quantitative estimate of drug-likeness (QED) is 0.693. The molecule has 0 saturated heterocycles. The van der Waals surface area contributed by atoms with Gasteiger partial charge in [-0.05, 0) is 6.07 Å². The van der Waals surface area contributed by atoms with Gasteiger partial charge in [0.15, 0.2) is 0 Å². The maximum Gasteiger partial charge on any atom is 0.147 e. The van der Waals surface area contributed by atoms with Crippen molar-refractivity contribution in [3.05, 3.63) is 18.0 Å². The zero-order valence-electron chi connectivity index (χ0n) is 11.0. The number of nitrogens with two attached hydrogens (primary N) is 1. The van der Waals surface area contributed by atoms with E-state index in [4.69, 9.17) is 8.48 Å². The van der Waals surface area contributed by atoms with Crippen molar-refractivity contribution in [3.63, 3.8) is 0 Å². The summed E-state index contributed by atoms with van der Waals surface area (Å²) in [6, 6.07) is 1.77. The fourth-order valence-electron chi connectivity index (χ4n) is 1.89. The number of hydrogen-bond donors (Lipinski definition) is 1. The van der Waals surface area contributed by atoms with Crippen LogP contribution in [0.2, 0.25) is 0 Å². The van der Waals surface area contributed by atoms with Crippen molar-refractivity contribution in [3.8, 4) is 11.3 Å². The van der Waals surface area contributed by atoms with E-state index < -0.39 is 6.50 Å². The Morgan fingerprint density at radius 1 is 1.44 bits per heavy atom. The van der Waals surface area contributed by atoms with Crippen molar-refractivity contribution in [2.75, 3.05) is 17.7 Å². The van der Waals surface area contributed by atoms with Crippen LogP contribution in [0.25, 0.3) is 11.3 Å². The van der Waals surface area contributed by atoms with Gasteiger partial charge < -0.3 is 10.6 Å². The number of hydrogen-bond acceptors (Lipinski definition) is 5. The molecule has 3 heterocycles. The third-order valence-electron chi connectivity index (χ3n) is 2.53. The van der Waals surface area contributed by atoms with Crippen molar-refractivity contribution < 1.29 is 2.74 Å². The Kier molecular flexibility index (Phi) is 1.33. The normalized spacial score (nSPS) is 18.5. The largest absolute Gasteiger partial charge is 0.382 e. The second-order valence-electron chi connectivity index (χ2n) is 3.65. The molecule has 6 nitrogen and oxygen atoms in total. The molecule has 0 atom stereocenters. The zero-order chi connectivity index (χ0) is 13.1. The van der Waals surface area contributed by atoms with Gasteiger partial charge in [0, 0.05) is 25.9 Å². The highest BCUT2D eigenvalue weighted by atomic mass is 15.5. The van der Waals surface area contributed by atoms with Gasteiger partial charge >= 0.3 is 0 Å². The lowest BCUT2D eigenvalue weighted by Gasteiger charge is -2.26. The first-order chi connectivity index (χ1) is 8.43. The SMILES string of the molecule is [2H]C1([2H])c2nn(C)nc2-c2ccnc(N)c2N1C. The lowest BCUT2D eigenvalue weighted by Crippen LogP contribution is -2.23. The second kappa shape index (κ2) is 2.94. The van der Waals surface area contributed by atoms with E-state index in [0.717, 1.165) is 5.56 Å². The van der Waals surface area contributed by atoms with E-state index in [9.17, 15) is 0 Å². The molecule has 0 bridgehead atoms. The van der Waals surface area contributed by atoms with Crippen molar-refractivity contribution in [2.45, 2.75) is 6.50 Å². The second-order valence-corrected chi connectivity index (χ2v) is 3.65. The fourth-order valence-corrected chi connectivity index (χ4v) is 1.89. The highest BCUT2D eigenvalue weighted by molar-refractivity contribution is 5.86. The molecule has 0 amide bonds. The molecule has 1 aliphatic rings. The van der Waals surface area contributed by atoms with E-state index in [1.165, 1.54) is 9.70 Å². The average molecular weight is 218 g/mol. The molecule has 2 N–H and O–H groups in total. The Bertz CT molecular complexity index is 635. The molecule has 82 valence electrons. The molecule has 3 rings (SSSR count). The number of anilines is 2. The summed E-state index contributed by atoms with van der Waals surface area (Å²) in [5.41, 5.74) is 7.96. The van der Waals surface area contributed by atoms with Gasteiger partial charge in [-0.15, -0.1) is 0 Å². The third-order valence-corrected chi connectivity index (χ3v) is 2.53. The maximum absolute atomic E-state index is 8.15. The van der Waals surface area contributed by atoms with Crippen LogP contribution in [0.15, 0.2) is 12.3 Å². The van der Waals surface area contributed by atoms with E-state index >= 15 is 0 Å². The highest BCUT2D eigenvalue weighted by Crippen LogP contribution is 2.38. The maximum atomic E-state index is 8.15. The Labute approximate surface area is 95.5 Å². The lowest BCUT2D eigenvalue weighted by molar-refractivity contribution is 0.645. The minimum Gasteiger partial charge on any atom is -0.382 e. The molecule has 6 heteroatoms. The van der Waals surface area contributed by atoms with Gasteiger partial charge in [0.2, 0.25) is 0 Å². The van der Waals surface area contributed by atoms with Crippen LogP contribution in [0.1, 0.15) is 8.44 Å². The number of aromatic nitrogens is 4. The first-order valence-electron chi connectivity index (χ1n) is 5.83. The number of nitrogen functional groups attached to an aromatic ring is 1. The van der Waals surface area contributed by atoms with Crippen LogP contribution in [-0.2, 0) is 13.5 Å². The average Bonchev–Trinajstić information content (AvgIpc) is 2.69. The van der Waals surface area contributed by atoms with Gasteiger partial charge in [0.1, 0.15) is 17.2 Å². The van der Waals surface area contributed by atoms with Gasteiger partial charge in [-0.25, -0.2) is 4.98 Å². The van der Waals surface area contributed by atoms with E-state index in [1.807, 2.05) is 0 Å². The summed E-state index contributed by atoms with van der Waals surface area (Å²) in [5.74, 6) is 0.287. The monoisotopic (exact) mass is 218 g/mol. The van der Waals surface area contributed by atoms with E-state index in [1.54, 1.807) is 26.4 Å². The molecule has 0 aromatic carbocycles. The summed E-state index contributed by atoms with van der Waals surface area (Å²) in [7, 11) is 3.30. The summed E-state index contributed by atoms with van der Waals surface area (Å²) in [5, 5.41) is 8.33. The Morgan fingerprint density at radius 3 is 3.06 bits per heavy atom. The molecule has 0 radical (unpaired) electrons. The predicted octanol–water partition coefficient (Wildman–Crippen LogP) is 0.409. The van der Waals surface area contributed by atoms with E-state index in [-0.39, 0.29) is 5.82 Å². The lowest BCUT2D eigenvalue weighted by atomic mass is 10.0. The molecule has 0 aliphatic carbocycles. The molecule has 16 heavy (non-hydrogen) atoms. The number of aryl methyl sites for hydroxylation is 1. The van der Waals surface area contributed by atoms with Gasteiger partial charge in [-0.1, -0.05) is 0 Å². The number of nitrogens with zero attached hydrogens (tertiary/aromatic N) is 5. The minimum atomic E-state index is -1.76. The zero-order valence-corrected chi connectivity index (χ0v) is 8.97. The first kappa shape index (κ1) is 7.21. The summed E-state index contributed by atoms with van der Waals surface area (Å²) < 4.78 is 16.3. The van der Waals surface area contributed by atoms with Gasteiger partial charge in [-0.2, -0.15) is 15.0 Å². The molecule has 0 saturated carbocycles. The molecule has 1 aliphatic heterocycles. The van der Waals surface area contributed by atoms with Gasteiger partial charge in [0.05, 0.1) is 14.9 Å². The Hall–Kier alpha value is -2.11. The van der Waals surface area contributed by atoms with Crippen LogP contribution in [-0.4, -0.2) is 27.0 Å². The van der Waals surface area contributed by atoms with Crippen LogP contribution in [0, 0.1) is 0 Å². The van der Waals surface area contributed by atoms with Crippen LogP contribution in [0.4, 0.5) is 11.5 Å². The van der Waals surface area contributed by atoms with Crippen molar-refractivity contribution >= 4 is 11.5 Å². The summed E-state index contributed by atoms with van der Waals surface area (Å²) in [6.45, 7) is -1.76.